The first-order valence-corrected chi connectivity index (χ1v) is 7.53. The summed E-state index contributed by atoms with van der Waals surface area (Å²) < 4.78 is 10.6. The highest BCUT2D eigenvalue weighted by atomic mass is 16.6. The smallest absolute Gasteiger partial charge is 0.226 e. The minimum atomic E-state index is 0.654. The van der Waals surface area contributed by atoms with E-state index in [1.54, 1.807) is 0 Å². The predicted molar refractivity (Wildman–Crippen MR) is 85.6 cm³/mol. The molecule has 0 aliphatic carbocycles. The molecule has 0 saturated carbocycles. The highest BCUT2D eigenvalue weighted by Crippen LogP contribution is 2.23. The van der Waals surface area contributed by atoms with Crippen LogP contribution in [0.15, 0.2) is 33.3 Å². The second kappa shape index (κ2) is 6.34. The molecule has 0 amide bonds. The van der Waals surface area contributed by atoms with Crippen LogP contribution in [0.2, 0.25) is 0 Å². The summed E-state index contributed by atoms with van der Waals surface area (Å²) in [5.41, 5.74) is 4.77. The van der Waals surface area contributed by atoms with Crippen LogP contribution in [0.5, 0.6) is 0 Å². The van der Waals surface area contributed by atoms with E-state index in [0.717, 1.165) is 28.4 Å². The fourth-order valence-electron chi connectivity index (χ4n) is 2.44. The normalized spacial score (nSPS) is 11.3. The van der Waals surface area contributed by atoms with Crippen molar-refractivity contribution >= 4 is 0 Å². The van der Waals surface area contributed by atoms with Crippen molar-refractivity contribution in [1.29, 1.82) is 0 Å². The minimum absolute atomic E-state index is 0.654. The molecule has 0 aliphatic rings. The van der Waals surface area contributed by atoms with E-state index >= 15 is 0 Å². The van der Waals surface area contributed by atoms with Gasteiger partial charge in [-0.3, -0.25) is 4.90 Å². The number of rotatable bonds is 5. The summed E-state index contributed by atoms with van der Waals surface area (Å²) in [6.07, 6.45) is 0. The van der Waals surface area contributed by atoms with Crippen molar-refractivity contribution in [2.24, 2.45) is 0 Å². The molecule has 0 unspecified atom stereocenters. The molecule has 2 heterocycles. The lowest BCUT2D eigenvalue weighted by atomic mass is 10.1. The Morgan fingerprint density at radius 1 is 1.04 bits per heavy atom. The van der Waals surface area contributed by atoms with Gasteiger partial charge in [-0.25, -0.2) is 9.61 Å². The largest absolute Gasteiger partial charge is 0.441 e. The molecular weight excluding hydrogens is 292 g/mol. The summed E-state index contributed by atoms with van der Waals surface area (Å²) in [5.74, 6) is 1.50. The number of hydrogen-bond acceptors (Lipinski definition) is 6. The van der Waals surface area contributed by atoms with Gasteiger partial charge in [-0.05, 0) is 40.0 Å². The van der Waals surface area contributed by atoms with Gasteiger partial charge in [0.1, 0.15) is 17.1 Å². The van der Waals surface area contributed by atoms with Crippen LogP contribution in [-0.4, -0.2) is 27.2 Å². The zero-order chi connectivity index (χ0) is 16.4. The molecule has 0 fully saturated rings. The molecule has 6 nitrogen and oxygen atoms in total. The highest BCUT2D eigenvalue weighted by molar-refractivity contribution is 5.54. The van der Waals surface area contributed by atoms with Crippen molar-refractivity contribution in [2.45, 2.75) is 33.9 Å². The molecule has 0 saturated heterocycles. The van der Waals surface area contributed by atoms with Crippen LogP contribution in [0.1, 0.15) is 28.4 Å². The molecule has 0 radical (unpaired) electrons. The lowest BCUT2D eigenvalue weighted by molar-refractivity contribution is 0.277. The maximum atomic E-state index is 5.83. The Labute approximate surface area is 135 Å². The number of oxazole rings is 1. The van der Waals surface area contributed by atoms with Crippen LogP contribution in [0.4, 0.5) is 0 Å². The molecule has 0 aliphatic heterocycles. The van der Waals surface area contributed by atoms with Crippen molar-refractivity contribution in [3.8, 4) is 11.5 Å². The molecule has 3 rings (SSSR count). The summed E-state index contributed by atoms with van der Waals surface area (Å²) in [7, 11) is 2.01. The molecule has 0 bridgehead atoms. The summed E-state index contributed by atoms with van der Waals surface area (Å²) in [4.78, 5) is 6.75. The fraction of sp³-hybridized carbons (Fsp3) is 0.353. The van der Waals surface area contributed by atoms with E-state index in [9.17, 15) is 0 Å². The first kappa shape index (κ1) is 15.4. The molecule has 0 atom stereocenters. The van der Waals surface area contributed by atoms with E-state index in [1.807, 2.05) is 33.0 Å². The van der Waals surface area contributed by atoms with Crippen LogP contribution >= 0.6 is 0 Å². The van der Waals surface area contributed by atoms with Crippen LogP contribution in [0.25, 0.3) is 11.5 Å². The molecule has 120 valence electrons. The van der Waals surface area contributed by atoms with Gasteiger partial charge in [-0.2, -0.15) is 0 Å². The number of hydrogen-bond donors (Lipinski definition) is 0. The molecule has 1 aromatic carbocycles. The Morgan fingerprint density at radius 3 is 2.52 bits per heavy atom. The Kier molecular flexibility index (Phi) is 4.25. The zero-order valence-corrected chi connectivity index (χ0v) is 13.8. The van der Waals surface area contributed by atoms with Crippen molar-refractivity contribution in [3.05, 3.63) is 52.7 Å². The first-order valence-electron chi connectivity index (χ1n) is 7.53. The van der Waals surface area contributed by atoms with Gasteiger partial charge in [0.2, 0.25) is 5.89 Å². The van der Waals surface area contributed by atoms with Crippen LogP contribution < -0.4 is 0 Å². The maximum Gasteiger partial charge on any atom is 0.226 e. The third-order valence-electron chi connectivity index (χ3n) is 3.74. The zero-order valence-electron chi connectivity index (χ0n) is 13.8. The van der Waals surface area contributed by atoms with Gasteiger partial charge in [0.25, 0.3) is 0 Å². The second-order valence-electron chi connectivity index (χ2n) is 5.86. The molecule has 6 heteroatoms. The lowest BCUT2D eigenvalue weighted by Crippen LogP contribution is -2.18. The topological polar surface area (TPSA) is 68.2 Å². The van der Waals surface area contributed by atoms with Crippen molar-refractivity contribution < 1.29 is 9.05 Å². The number of benzene rings is 1. The number of aromatic nitrogens is 3. The lowest BCUT2D eigenvalue weighted by Gasteiger charge is -2.13. The van der Waals surface area contributed by atoms with Gasteiger partial charge >= 0.3 is 0 Å². The van der Waals surface area contributed by atoms with Gasteiger partial charge in [-0.1, -0.05) is 28.0 Å². The van der Waals surface area contributed by atoms with Crippen LogP contribution in [-0.2, 0) is 13.1 Å². The number of nitrogens with zero attached hydrogens (tertiary/aromatic N) is 4. The van der Waals surface area contributed by atoms with E-state index in [-0.39, 0.29) is 0 Å². The minimum Gasteiger partial charge on any atom is -0.441 e. The monoisotopic (exact) mass is 312 g/mol. The number of aryl methyl sites for hydroxylation is 3. The van der Waals surface area contributed by atoms with Gasteiger partial charge in [0.05, 0.1) is 5.69 Å². The second-order valence-corrected chi connectivity index (χ2v) is 5.86. The quantitative estimate of drug-likeness (QED) is 0.720. The van der Waals surface area contributed by atoms with E-state index in [2.05, 4.69) is 39.3 Å². The van der Waals surface area contributed by atoms with E-state index in [0.29, 0.717) is 19.0 Å². The van der Waals surface area contributed by atoms with E-state index in [4.69, 9.17) is 9.05 Å². The van der Waals surface area contributed by atoms with Crippen molar-refractivity contribution in [3.63, 3.8) is 0 Å². The molecular formula is C17H20N4O2. The third kappa shape index (κ3) is 3.48. The average molecular weight is 312 g/mol. The van der Waals surface area contributed by atoms with Gasteiger partial charge < -0.3 is 4.42 Å². The Morgan fingerprint density at radius 2 is 1.83 bits per heavy atom. The predicted octanol–water partition coefficient (Wildman–Crippen LogP) is 3.28. The van der Waals surface area contributed by atoms with Crippen LogP contribution in [0, 0.1) is 20.8 Å². The van der Waals surface area contributed by atoms with Gasteiger partial charge in [0, 0.05) is 18.7 Å². The first-order chi connectivity index (χ1) is 11.0. The van der Waals surface area contributed by atoms with Gasteiger partial charge in [0.15, 0.2) is 0 Å². The van der Waals surface area contributed by atoms with Crippen molar-refractivity contribution in [2.75, 3.05) is 7.05 Å². The van der Waals surface area contributed by atoms with E-state index in [1.165, 1.54) is 5.56 Å². The molecule has 0 spiro atoms. The molecule has 2 aromatic heterocycles. The molecule has 23 heavy (non-hydrogen) atoms. The summed E-state index contributed by atoms with van der Waals surface area (Å²) in [6, 6.07) is 8.15. The summed E-state index contributed by atoms with van der Waals surface area (Å²) in [6.45, 7) is 7.21. The Hall–Kier alpha value is -2.47. The molecule has 3 aromatic rings. The van der Waals surface area contributed by atoms with E-state index < -0.39 is 0 Å². The Balaban J connectivity index is 1.75. The SMILES string of the molecule is Cc1cccc(-c2nc(CN(C)Cc3nonc3C)c(C)o2)c1. The van der Waals surface area contributed by atoms with Crippen molar-refractivity contribution in [1.82, 2.24) is 20.2 Å². The Bertz CT molecular complexity index is 807. The summed E-state index contributed by atoms with van der Waals surface area (Å²) >= 11 is 0. The highest BCUT2D eigenvalue weighted by Gasteiger charge is 2.15. The standard InChI is InChI=1S/C17H20N4O2/c1-11-6-5-7-14(8-11)17-18-16(13(3)22-17)10-21(4)9-15-12(2)19-23-20-15/h5-8H,9-10H2,1-4H3. The maximum absolute atomic E-state index is 5.83. The van der Waals surface area contributed by atoms with Crippen LogP contribution in [0.3, 0.4) is 0 Å². The fourth-order valence-corrected chi connectivity index (χ4v) is 2.44. The third-order valence-corrected chi connectivity index (χ3v) is 3.74. The molecule has 0 N–H and O–H groups in total. The van der Waals surface area contributed by atoms with Gasteiger partial charge in [-0.15, -0.1) is 0 Å². The average Bonchev–Trinajstić information content (AvgIpc) is 3.06. The summed E-state index contributed by atoms with van der Waals surface area (Å²) in [5, 5.41) is 7.71.